The Hall–Kier alpha value is -1.55. The Bertz CT molecular complexity index is 432. The molecule has 0 saturated carbocycles. The molecule has 2 rings (SSSR count). The van der Waals surface area contributed by atoms with Crippen molar-refractivity contribution < 1.29 is 9.53 Å². The number of hydrogen-bond acceptors (Lipinski definition) is 3. The summed E-state index contributed by atoms with van der Waals surface area (Å²) in [7, 11) is 0. The van der Waals surface area contributed by atoms with Crippen LogP contribution < -0.4 is 15.4 Å². The van der Waals surface area contributed by atoms with E-state index in [1.165, 1.54) is 5.56 Å². The predicted molar refractivity (Wildman–Crippen MR) is 72.0 cm³/mol. The topological polar surface area (TPSA) is 50.4 Å². The molecule has 1 aliphatic rings. The largest absolute Gasteiger partial charge is 0.482 e. The third-order valence-electron chi connectivity index (χ3n) is 2.96. The lowest BCUT2D eigenvalue weighted by Crippen LogP contribution is -2.29. The van der Waals surface area contributed by atoms with E-state index < -0.39 is 0 Å². The first-order valence-corrected chi connectivity index (χ1v) is 6.48. The van der Waals surface area contributed by atoms with Gasteiger partial charge in [0.25, 0.3) is 5.91 Å². The predicted octanol–water partition coefficient (Wildman–Crippen LogP) is 1.95. The summed E-state index contributed by atoms with van der Waals surface area (Å²) >= 11 is 0. The molecule has 1 heterocycles. The van der Waals surface area contributed by atoms with Gasteiger partial charge in [0, 0.05) is 6.04 Å². The van der Waals surface area contributed by atoms with Crippen LogP contribution in [0, 0.1) is 0 Å². The maximum Gasteiger partial charge on any atom is 0.262 e. The number of hydrogen-bond donors (Lipinski definition) is 2. The lowest BCUT2D eigenvalue weighted by molar-refractivity contribution is -0.118. The molecular formula is C14H20N2O2. The average molecular weight is 248 g/mol. The van der Waals surface area contributed by atoms with Crippen molar-refractivity contribution in [2.24, 2.45) is 0 Å². The molecule has 0 bridgehead atoms. The summed E-state index contributed by atoms with van der Waals surface area (Å²) in [5.74, 6) is 0.671. The van der Waals surface area contributed by atoms with E-state index in [-0.39, 0.29) is 12.5 Å². The van der Waals surface area contributed by atoms with E-state index in [9.17, 15) is 4.79 Å². The Morgan fingerprint density at radius 2 is 2.33 bits per heavy atom. The van der Waals surface area contributed by atoms with Crippen molar-refractivity contribution in [3.63, 3.8) is 0 Å². The Labute approximate surface area is 108 Å². The quantitative estimate of drug-likeness (QED) is 0.837. The smallest absolute Gasteiger partial charge is 0.262 e. The second kappa shape index (κ2) is 5.87. The molecule has 0 saturated heterocycles. The molecule has 2 N–H and O–H groups in total. The summed E-state index contributed by atoms with van der Waals surface area (Å²) < 4.78 is 5.33. The van der Waals surface area contributed by atoms with Crippen LogP contribution in [-0.4, -0.2) is 25.1 Å². The zero-order valence-corrected chi connectivity index (χ0v) is 11.0. The van der Waals surface area contributed by atoms with Gasteiger partial charge < -0.3 is 15.4 Å². The number of carbonyl (C=O) groups is 1. The Morgan fingerprint density at radius 3 is 3.11 bits per heavy atom. The van der Waals surface area contributed by atoms with Gasteiger partial charge in [-0.05, 0) is 44.0 Å². The third-order valence-corrected chi connectivity index (χ3v) is 2.96. The van der Waals surface area contributed by atoms with E-state index >= 15 is 0 Å². The van der Waals surface area contributed by atoms with Gasteiger partial charge in [-0.2, -0.15) is 0 Å². The first-order chi connectivity index (χ1) is 8.69. The highest BCUT2D eigenvalue weighted by Gasteiger charge is 2.16. The minimum Gasteiger partial charge on any atom is -0.482 e. The van der Waals surface area contributed by atoms with Gasteiger partial charge in [-0.3, -0.25) is 4.79 Å². The minimum atomic E-state index is -0.0863. The lowest BCUT2D eigenvalue weighted by Gasteiger charge is -2.19. The van der Waals surface area contributed by atoms with Crippen molar-refractivity contribution in [1.82, 2.24) is 5.32 Å². The normalized spacial score (nSPS) is 15.6. The molecule has 1 aromatic rings. The molecule has 4 nitrogen and oxygen atoms in total. The van der Waals surface area contributed by atoms with Crippen LogP contribution in [-0.2, 0) is 11.2 Å². The molecule has 0 aliphatic carbocycles. The van der Waals surface area contributed by atoms with Crippen LogP contribution in [0.5, 0.6) is 5.75 Å². The fraction of sp³-hybridized carbons (Fsp3) is 0.500. The second-order valence-corrected chi connectivity index (χ2v) is 4.73. The molecule has 1 aromatic carbocycles. The monoisotopic (exact) mass is 248 g/mol. The van der Waals surface area contributed by atoms with Gasteiger partial charge in [-0.25, -0.2) is 0 Å². The Balaban J connectivity index is 2.02. The number of rotatable bonds is 5. The third kappa shape index (κ3) is 3.23. The molecule has 1 unspecified atom stereocenters. The van der Waals surface area contributed by atoms with Crippen molar-refractivity contribution in [3.8, 4) is 5.75 Å². The van der Waals surface area contributed by atoms with Crippen LogP contribution in [0.3, 0.4) is 0 Å². The summed E-state index contributed by atoms with van der Waals surface area (Å²) in [5.41, 5.74) is 1.99. The zero-order valence-electron chi connectivity index (χ0n) is 11.0. The van der Waals surface area contributed by atoms with Gasteiger partial charge in [0.2, 0.25) is 0 Å². The second-order valence-electron chi connectivity index (χ2n) is 4.73. The van der Waals surface area contributed by atoms with Gasteiger partial charge in [0.05, 0.1) is 5.69 Å². The Morgan fingerprint density at radius 1 is 1.50 bits per heavy atom. The molecule has 0 fully saturated rings. The number of amides is 1. The summed E-state index contributed by atoms with van der Waals surface area (Å²) in [4.78, 5) is 11.3. The fourth-order valence-electron chi connectivity index (χ4n) is 2.07. The van der Waals surface area contributed by atoms with Crippen LogP contribution in [0.2, 0.25) is 0 Å². The first kappa shape index (κ1) is 12.9. The standard InChI is InChI=1S/C14H20N2O2/c1-3-6-15-10(2)7-11-4-5-13-12(8-11)16-14(17)9-18-13/h4-5,8,10,15H,3,6-7,9H2,1-2H3,(H,16,17). The molecular weight excluding hydrogens is 228 g/mol. The van der Waals surface area contributed by atoms with Crippen molar-refractivity contribution in [2.75, 3.05) is 18.5 Å². The molecule has 0 radical (unpaired) electrons. The SMILES string of the molecule is CCCNC(C)Cc1ccc2c(c1)NC(=O)CO2. The van der Waals surface area contributed by atoms with Crippen molar-refractivity contribution >= 4 is 11.6 Å². The van der Waals surface area contributed by atoms with Crippen molar-refractivity contribution in [3.05, 3.63) is 23.8 Å². The van der Waals surface area contributed by atoms with Gasteiger partial charge in [0.1, 0.15) is 5.75 Å². The van der Waals surface area contributed by atoms with Crippen LogP contribution in [0.4, 0.5) is 5.69 Å². The number of benzene rings is 1. The highest BCUT2D eigenvalue weighted by Crippen LogP contribution is 2.28. The van der Waals surface area contributed by atoms with Crippen molar-refractivity contribution in [1.29, 1.82) is 0 Å². The summed E-state index contributed by atoms with van der Waals surface area (Å²) in [5, 5.41) is 6.28. The first-order valence-electron chi connectivity index (χ1n) is 6.48. The summed E-state index contributed by atoms with van der Waals surface area (Å²) in [6.07, 6.45) is 2.08. The molecule has 1 atom stereocenters. The maximum absolute atomic E-state index is 11.3. The number of fused-ring (bicyclic) bond motifs is 1. The van der Waals surface area contributed by atoms with Crippen LogP contribution in [0.25, 0.3) is 0 Å². The molecule has 1 amide bonds. The minimum absolute atomic E-state index is 0.0863. The summed E-state index contributed by atoms with van der Waals surface area (Å²) in [6.45, 7) is 5.47. The van der Waals surface area contributed by atoms with Gasteiger partial charge in [-0.15, -0.1) is 0 Å². The molecule has 18 heavy (non-hydrogen) atoms. The number of nitrogens with one attached hydrogen (secondary N) is 2. The summed E-state index contributed by atoms with van der Waals surface area (Å²) in [6, 6.07) is 6.41. The van der Waals surface area contributed by atoms with E-state index in [4.69, 9.17) is 4.74 Å². The highest BCUT2D eigenvalue weighted by molar-refractivity contribution is 5.95. The number of carbonyl (C=O) groups excluding carboxylic acids is 1. The van der Waals surface area contributed by atoms with E-state index in [1.807, 2.05) is 12.1 Å². The molecule has 0 spiro atoms. The molecule has 98 valence electrons. The average Bonchev–Trinajstić information content (AvgIpc) is 2.36. The number of ether oxygens (including phenoxy) is 1. The van der Waals surface area contributed by atoms with Crippen LogP contribution in [0.1, 0.15) is 25.8 Å². The lowest BCUT2D eigenvalue weighted by atomic mass is 10.1. The molecule has 1 aliphatic heterocycles. The van der Waals surface area contributed by atoms with E-state index in [2.05, 4.69) is 30.5 Å². The van der Waals surface area contributed by atoms with Crippen LogP contribution in [0.15, 0.2) is 18.2 Å². The van der Waals surface area contributed by atoms with E-state index in [0.717, 1.165) is 30.8 Å². The van der Waals surface area contributed by atoms with E-state index in [1.54, 1.807) is 0 Å². The fourth-order valence-corrected chi connectivity index (χ4v) is 2.07. The van der Waals surface area contributed by atoms with Gasteiger partial charge >= 0.3 is 0 Å². The molecule has 4 heteroatoms. The molecule has 0 aromatic heterocycles. The van der Waals surface area contributed by atoms with Gasteiger partial charge in [-0.1, -0.05) is 13.0 Å². The maximum atomic E-state index is 11.3. The Kier molecular flexibility index (Phi) is 4.20. The van der Waals surface area contributed by atoms with Crippen molar-refractivity contribution in [2.45, 2.75) is 32.7 Å². The number of anilines is 1. The highest BCUT2D eigenvalue weighted by atomic mass is 16.5. The zero-order chi connectivity index (χ0) is 13.0. The van der Waals surface area contributed by atoms with E-state index in [0.29, 0.717) is 6.04 Å². The van der Waals surface area contributed by atoms with Gasteiger partial charge in [0.15, 0.2) is 6.61 Å². The van der Waals surface area contributed by atoms with Crippen LogP contribution >= 0.6 is 0 Å².